The number of nitrogens with zero attached hydrogens (tertiary/aromatic N) is 3. The van der Waals surface area contributed by atoms with E-state index in [1.807, 2.05) is 38.1 Å². The van der Waals surface area contributed by atoms with Gasteiger partial charge in [-0.1, -0.05) is 36.0 Å². The van der Waals surface area contributed by atoms with Crippen LogP contribution in [-0.4, -0.2) is 14.5 Å². The van der Waals surface area contributed by atoms with Gasteiger partial charge in [0.25, 0.3) is 5.56 Å². The number of aromatic nitrogens is 3. The summed E-state index contributed by atoms with van der Waals surface area (Å²) in [6, 6.07) is 11.6. The van der Waals surface area contributed by atoms with Crippen LogP contribution in [0.4, 0.5) is 13.2 Å². The molecule has 0 bridgehead atoms. The Hall–Kier alpha value is -3.85. The van der Waals surface area contributed by atoms with Gasteiger partial charge in [0.1, 0.15) is 23.4 Å². The number of ether oxygens (including phenoxy) is 1. The molecule has 0 aliphatic carbocycles. The fraction of sp³-hybridized carbons (Fsp3) is 0.233. The fourth-order valence-corrected chi connectivity index (χ4v) is 5.05. The average molecular weight is 552 g/mol. The zero-order valence-electron chi connectivity index (χ0n) is 22.1. The highest BCUT2D eigenvalue weighted by atomic mass is 32.2. The molecule has 0 amide bonds. The highest BCUT2D eigenvalue weighted by Crippen LogP contribution is 2.38. The Bertz CT molecular complexity index is 1640. The van der Waals surface area contributed by atoms with Gasteiger partial charge in [-0.2, -0.15) is 13.2 Å². The third-order valence-electron chi connectivity index (χ3n) is 6.23. The monoisotopic (exact) mass is 551 g/mol. The van der Waals surface area contributed by atoms with Gasteiger partial charge in [-0.3, -0.25) is 9.78 Å². The number of thioether (sulfide) groups is 1. The highest BCUT2D eigenvalue weighted by molar-refractivity contribution is 8.10. The minimum atomic E-state index is -4.74. The zero-order chi connectivity index (χ0) is 28.3. The van der Waals surface area contributed by atoms with E-state index in [2.05, 4.69) is 25.4 Å². The topological polar surface area (TPSA) is 57.0 Å². The summed E-state index contributed by atoms with van der Waals surface area (Å²) in [5.41, 5.74) is 3.39. The Morgan fingerprint density at radius 1 is 1.15 bits per heavy atom. The molecule has 0 aliphatic rings. The first-order chi connectivity index (χ1) is 18.5. The number of halogens is 3. The predicted molar refractivity (Wildman–Crippen MR) is 151 cm³/mol. The second-order valence-corrected chi connectivity index (χ2v) is 10.2. The van der Waals surface area contributed by atoms with E-state index in [1.165, 1.54) is 12.3 Å². The van der Waals surface area contributed by atoms with Crippen molar-refractivity contribution in [1.29, 1.82) is 0 Å². The Morgan fingerprint density at radius 2 is 1.92 bits per heavy atom. The summed E-state index contributed by atoms with van der Waals surface area (Å²) in [6.45, 7) is 11.7. The molecule has 0 radical (unpaired) electrons. The maximum Gasteiger partial charge on any atom is 0.421 e. The lowest BCUT2D eigenvalue weighted by atomic mass is 10.0. The van der Waals surface area contributed by atoms with Crippen molar-refractivity contribution in [2.75, 3.05) is 0 Å². The molecule has 4 aromatic rings. The lowest BCUT2D eigenvalue weighted by molar-refractivity contribution is -0.138. The number of aryl methyl sites for hydroxylation is 2. The van der Waals surface area contributed by atoms with Gasteiger partial charge < -0.3 is 9.30 Å². The van der Waals surface area contributed by atoms with Gasteiger partial charge in [-0.25, -0.2) is 4.98 Å². The van der Waals surface area contributed by atoms with E-state index in [0.717, 1.165) is 43.3 Å². The molecule has 0 fully saturated rings. The van der Waals surface area contributed by atoms with Crippen molar-refractivity contribution in [3.63, 3.8) is 0 Å². The third kappa shape index (κ3) is 6.09. The number of hydrogen-bond donors (Lipinski definition) is 0. The molecule has 39 heavy (non-hydrogen) atoms. The summed E-state index contributed by atoms with van der Waals surface area (Å²) in [4.78, 5) is 22.7. The molecule has 0 unspecified atom stereocenters. The smallest absolute Gasteiger partial charge is 0.421 e. The third-order valence-corrected chi connectivity index (χ3v) is 7.26. The molecule has 3 aromatic heterocycles. The van der Waals surface area contributed by atoms with Crippen LogP contribution in [0.3, 0.4) is 0 Å². The second kappa shape index (κ2) is 11.5. The minimum absolute atomic E-state index is 0.101. The van der Waals surface area contributed by atoms with Crippen molar-refractivity contribution in [1.82, 2.24) is 14.5 Å². The van der Waals surface area contributed by atoms with Gasteiger partial charge in [0.15, 0.2) is 0 Å². The number of fused-ring (bicyclic) bond motifs is 1. The van der Waals surface area contributed by atoms with E-state index >= 15 is 0 Å². The summed E-state index contributed by atoms with van der Waals surface area (Å²) in [6.07, 6.45) is -1.84. The molecular weight excluding hydrogens is 523 g/mol. The number of rotatable bonds is 8. The zero-order valence-corrected chi connectivity index (χ0v) is 22.9. The van der Waals surface area contributed by atoms with Crippen LogP contribution < -0.4 is 10.3 Å². The van der Waals surface area contributed by atoms with Crippen molar-refractivity contribution in [2.45, 2.75) is 47.0 Å². The molecule has 0 saturated carbocycles. The van der Waals surface area contributed by atoms with Gasteiger partial charge in [0, 0.05) is 33.9 Å². The Kier molecular flexibility index (Phi) is 8.30. The van der Waals surface area contributed by atoms with Gasteiger partial charge in [-0.05, 0) is 74.6 Å². The lowest BCUT2D eigenvalue weighted by Crippen LogP contribution is -2.29. The van der Waals surface area contributed by atoms with Crippen molar-refractivity contribution < 1.29 is 17.9 Å². The SMILES string of the molecule is C=CSC(=C(C)C)c1cc(C)nc2c(OCc3c(C)ccnc3Cn3cccc(C(F)(F)F)c3=O)cccc12. The summed E-state index contributed by atoms with van der Waals surface area (Å²) in [7, 11) is 0. The second-order valence-electron chi connectivity index (χ2n) is 9.27. The molecule has 0 N–H and O–H groups in total. The van der Waals surface area contributed by atoms with E-state index < -0.39 is 17.3 Å². The van der Waals surface area contributed by atoms with Gasteiger partial charge in [-0.15, -0.1) is 0 Å². The Balaban J connectivity index is 1.71. The molecular formula is C30H28F3N3O2S. The summed E-state index contributed by atoms with van der Waals surface area (Å²) in [5.74, 6) is 0.569. The minimum Gasteiger partial charge on any atom is -0.487 e. The molecule has 0 atom stereocenters. The maximum absolute atomic E-state index is 13.3. The number of benzene rings is 1. The number of pyridine rings is 3. The quantitative estimate of drug-likeness (QED) is 0.225. The molecule has 9 heteroatoms. The van der Waals surface area contributed by atoms with Gasteiger partial charge in [0.2, 0.25) is 0 Å². The molecule has 3 heterocycles. The first-order valence-corrected chi connectivity index (χ1v) is 13.1. The van der Waals surface area contributed by atoms with Crippen LogP contribution >= 0.6 is 11.8 Å². The first-order valence-electron chi connectivity index (χ1n) is 12.2. The molecule has 4 rings (SSSR count). The van der Waals surface area contributed by atoms with E-state index in [9.17, 15) is 18.0 Å². The predicted octanol–water partition coefficient (Wildman–Crippen LogP) is 7.68. The van der Waals surface area contributed by atoms with Crippen LogP contribution in [0.2, 0.25) is 0 Å². The van der Waals surface area contributed by atoms with Crippen LogP contribution in [0.5, 0.6) is 5.75 Å². The van der Waals surface area contributed by atoms with Crippen LogP contribution in [0.15, 0.2) is 77.2 Å². The van der Waals surface area contributed by atoms with Crippen LogP contribution in [0, 0.1) is 13.8 Å². The van der Waals surface area contributed by atoms with Crippen LogP contribution in [-0.2, 0) is 19.3 Å². The Labute approximate surface area is 229 Å². The maximum atomic E-state index is 13.3. The van der Waals surface area contributed by atoms with Gasteiger partial charge >= 0.3 is 6.18 Å². The van der Waals surface area contributed by atoms with Crippen molar-refractivity contribution >= 4 is 27.6 Å². The molecule has 202 valence electrons. The standard InChI is InChI=1S/C30H28F3N3O2S/c1-6-39-28(18(2)3)22-15-20(5)35-27-21(22)9-7-11-26(27)38-17-23-19(4)12-13-34-25(23)16-36-14-8-10-24(29(36)37)30(31,32)33/h6-15H,1,16-17H2,2-5H3. The summed E-state index contributed by atoms with van der Waals surface area (Å²) >= 11 is 1.55. The number of hydrogen-bond acceptors (Lipinski definition) is 5. The largest absolute Gasteiger partial charge is 0.487 e. The normalized spacial score (nSPS) is 11.5. The van der Waals surface area contributed by atoms with E-state index in [0.29, 0.717) is 22.5 Å². The molecule has 1 aromatic carbocycles. The van der Waals surface area contributed by atoms with Crippen LogP contribution in [0.25, 0.3) is 15.8 Å². The fourth-order valence-electron chi connectivity index (χ4n) is 4.36. The molecule has 0 aliphatic heterocycles. The number of allylic oxidation sites excluding steroid dienone is 1. The van der Waals surface area contributed by atoms with E-state index in [4.69, 9.17) is 9.72 Å². The first kappa shape index (κ1) is 28.2. The molecule has 0 saturated heterocycles. The highest BCUT2D eigenvalue weighted by Gasteiger charge is 2.34. The summed E-state index contributed by atoms with van der Waals surface area (Å²) < 4.78 is 47.1. The number of para-hydroxylation sites is 1. The van der Waals surface area contributed by atoms with E-state index in [-0.39, 0.29) is 13.2 Å². The van der Waals surface area contributed by atoms with Crippen molar-refractivity contribution in [2.24, 2.45) is 0 Å². The Morgan fingerprint density at radius 3 is 2.62 bits per heavy atom. The summed E-state index contributed by atoms with van der Waals surface area (Å²) in [5, 5.41) is 2.73. The van der Waals surface area contributed by atoms with Crippen molar-refractivity contribution in [3.05, 3.63) is 116 Å². The van der Waals surface area contributed by atoms with Crippen molar-refractivity contribution in [3.8, 4) is 5.75 Å². The molecule has 5 nitrogen and oxygen atoms in total. The van der Waals surface area contributed by atoms with Crippen LogP contribution in [0.1, 0.15) is 47.5 Å². The van der Waals surface area contributed by atoms with E-state index in [1.54, 1.807) is 29.4 Å². The number of alkyl halides is 3. The lowest BCUT2D eigenvalue weighted by Gasteiger charge is -2.17. The molecule has 0 spiro atoms. The van der Waals surface area contributed by atoms with Gasteiger partial charge in [0.05, 0.1) is 12.2 Å². The average Bonchev–Trinajstić information content (AvgIpc) is 2.87.